The number of piperazine rings is 1. The lowest BCUT2D eigenvalue weighted by Crippen LogP contribution is -2.47. The second-order valence-electron chi connectivity index (χ2n) is 6.18. The van der Waals surface area contributed by atoms with Crippen LogP contribution in [0.2, 0.25) is 5.02 Å². The molecule has 0 unspecified atom stereocenters. The molecule has 1 saturated heterocycles. The minimum atomic E-state index is -0.485. The van der Waals surface area contributed by atoms with E-state index in [1.165, 1.54) is 12.1 Å². The summed E-state index contributed by atoms with van der Waals surface area (Å²) in [6.07, 6.45) is 0. The van der Waals surface area contributed by atoms with E-state index in [9.17, 15) is 15.4 Å². The van der Waals surface area contributed by atoms with Gasteiger partial charge in [-0.2, -0.15) is 5.26 Å². The number of rotatable bonds is 6. The van der Waals surface area contributed by atoms with Crippen LogP contribution in [0, 0.1) is 21.4 Å². The highest BCUT2D eigenvalue weighted by molar-refractivity contribution is 6.32. The van der Waals surface area contributed by atoms with E-state index in [0.29, 0.717) is 22.9 Å². The standard InChI is InChI=1S/C19H19ClN4O3/c20-17-3-1-2-4-19(17)27-12-11-22-7-9-23(10-8-22)18-6-5-16(24(25)26)13-15(18)14-21/h1-6,13H,7-12H2. The first-order chi connectivity index (χ1) is 13.1. The third kappa shape index (κ3) is 4.67. The van der Waals surface area contributed by atoms with Gasteiger partial charge in [0.2, 0.25) is 0 Å². The van der Waals surface area contributed by atoms with E-state index in [4.69, 9.17) is 16.3 Å². The molecule has 0 saturated carbocycles. The van der Waals surface area contributed by atoms with E-state index in [0.717, 1.165) is 38.4 Å². The second kappa shape index (κ2) is 8.71. The maximum atomic E-state index is 10.9. The van der Waals surface area contributed by atoms with Crippen molar-refractivity contribution in [3.8, 4) is 11.8 Å². The van der Waals surface area contributed by atoms with Gasteiger partial charge in [-0.05, 0) is 18.2 Å². The number of anilines is 1. The van der Waals surface area contributed by atoms with Gasteiger partial charge in [-0.1, -0.05) is 23.7 Å². The lowest BCUT2D eigenvalue weighted by atomic mass is 10.1. The van der Waals surface area contributed by atoms with Crippen molar-refractivity contribution in [3.05, 3.63) is 63.2 Å². The van der Waals surface area contributed by atoms with E-state index in [1.54, 1.807) is 12.1 Å². The number of para-hydroxylation sites is 1. The maximum absolute atomic E-state index is 10.9. The molecular weight excluding hydrogens is 368 g/mol. The monoisotopic (exact) mass is 386 g/mol. The normalized spacial score (nSPS) is 14.6. The summed E-state index contributed by atoms with van der Waals surface area (Å²) >= 11 is 6.08. The number of nitro groups is 1. The van der Waals surface area contributed by atoms with E-state index in [-0.39, 0.29) is 5.69 Å². The van der Waals surface area contributed by atoms with Gasteiger partial charge in [-0.25, -0.2) is 0 Å². The Hall–Kier alpha value is -2.82. The molecule has 3 rings (SSSR count). The summed E-state index contributed by atoms with van der Waals surface area (Å²) in [7, 11) is 0. The second-order valence-corrected chi connectivity index (χ2v) is 6.59. The van der Waals surface area contributed by atoms with Crippen LogP contribution in [0.15, 0.2) is 42.5 Å². The van der Waals surface area contributed by atoms with Crippen molar-refractivity contribution in [2.24, 2.45) is 0 Å². The van der Waals surface area contributed by atoms with Gasteiger partial charge in [-0.3, -0.25) is 15.0 Å². The Balaban J connectivity index is 1.52. The highest BCUT2D eigenvalue weighted by Gasteiger charge is 2.21. The Morgan fingerprint density at radius 1 is 1.19 bits per heavy atom. The highest BCUT2D eigenvalue weighted by atomic mass is 35.5. The predicted molar refractivity (Wildman–Crippen MR) is 103 cm³/mol. The summed E-state index contributed by atoms with van der Waals surface area (Å²) in [5.74, 6) is 0.683. The number of halogens is 1. The molecule has 2 aromatic rings. The van der Waals surface area contributed by atoms with Crippen molar-refractivity contribution in [3.63, 3.8) is 0 Å². The number of ether oxygens (including phenoxy) is 1. The molecule has 1 aliphatic heterocycles. The van der Waals surface area contributed by atoms with Crippen LogP contribution in [0.4, 0.5) is 11.4 Å². The molecule has 0 bridgehead atoms. The first kappa shape index (κ1) is 19.0. The van der Waals surface area contributed by atoms with Crippen LogP contribution in [-0.2, 0) is 0 Å². The van der Waals surface area contributed by atoms with Gasteiger partial charge in [0.15, 0.2) is 0 Å². The van der Waals surface area contributed by atoms with Crippen LogP contribution in [0.1, 0.15) is 5.56 Å². The van der Waals surface area contributed by atoms with E-state index < -0.39 is 4.92 Å². The molecule has 0 N–H and O–H groups in total. The molecule has 1 heterocycles. The minimum absolute atomic E-state index is 0.0642. The molecule has 0 aromatic heterocycles. The summed E-state index contributed by atoms with van der Waals surface area (Å²) in [5.41, 5.74) is 1.01. The number of nitriles is 1. The van der Waals surface area contributed by atoms with Crippen molar-refractivity contribution in [1.29, 1.82) is 5.26 Å². The number of nitrogens with zero attached hydrogens (tertiary/aromatic N) is 4. The van der Waals surface area contributed by atoms with Gasteiger partial charge in [0.1, 0.15) is 18.4 Å². The van der Waals surface area contributed by atoms with Gasteiger partial charge in [-0.15, -0.1) is 0 Å². The molecule has 0 spiro atoms. The van der Waals surface area contributed by atoms with Crippen molar-refractivity contribution >= 4 is 23.0 Å². The van der Waals surface area contributed by atoms with E-state index in [1.807, 2.05) is 18.2 Å². The zero-order valence-corrected chi connectivity index (χ0v) is 15.4. The number of hydrogen-bond acceptors (Lipinski definition) is 6. The van der Waals surface area contributed by atoms with Crippen molar-refractivity contribution in [1.82, 2.24) is 4.90 Å². The predicted octanol–water partition coefficient (Wildman–Crippen LogP) is 3.32. The van der Waals surface area contributed by atoms with Gasteiger partial charge in [0.05, 0.1) is 21.2 Å². The molecule has 7 nitrogen and oxygen atoms in total. The highest BCUT2D eigenvalue weighted by Crippen LogP contribution is 2.26. The molecule has 1 fully saturated rings. The van der Waals surface area contributed by atoms with Crippen LogP contribution in [0.25, 0.3) is 0 Å². The quantitative estimate of drug-likeness (QED) is 0.559. The zero-order valence-electron chi connectivity index (χ0n) is 14.7. The van der Waals surface area contributed by atoms with Crippen molar-refractivity contribution in [2.45, 2.75) is 0 Å². The van der Waals surface area contributed by atoms with Crippen LogP contribution in [-0.4, -0.2) is 49.2 Å². The summed E-state index contributed by atoms with van der Waals surface area (Å²) in [4.78, 5) is 14.8. The third-order valence-electron chi connectivity index (χ3n) is 4.53. The van der Waals surface area contributed by atoms with E-state index in [2.05, 4.69) is 15.9 Å². The first-order valence-corrected chi connectivity index (χ1v) is 8.99. The molecule has 8 heteroatoms. The average Bonchev–Trinajstić information content (AvgIpc) is 2.69. The van der Waals surface area contributed by atoms with Crippen molar-refractivity contribution in [2.75, 3.05) is 44.2 Å². The minimum Gasteiger partial charge on any atom is -0.491 e. The van der Waals surface area contributed by atoms with Crippen LogP contribution in [0.5, 0.6) is 5.75 Å². The molecule has 0 amide bonds. The fourth-order valence-electron chi connectivity index (χ4n) is 3.06. The average molecular weight is 387 g/mol. The lowest BCUT2D eigenvalue weighted by Gasteiger charge is -2.36. The first-order valence-electron chi connectivity index (χ1n) is 8.61. The maximum Gasteiger partial charge on any atom is 0.270 e. The Morgan fingerprint density at radius 2 is 1.93 bits per heavy atom. The molecule has 140 valence electrons. The summed E-state index contributed by atoms with van der Waals surface area (Å²) < 4.78 is 5.73. The summed E-state index contributed by atoms with van der Waals surface area (Å²) in [6.45, 7) is 4.48. The number of non-ortho nitro benzene ring substituents is 1. The number of hydrogen-bond donors (Lipinski definition) is 0. The van der Waals surface area contributed by atoms with Gasteiger partial charge in [0, 0.05) is 44.9 Å². The molecule has 0 radical (unpaired) electrons. The van der Waals surface area contributed by atoms with Crippen molar-refractivity contribution < 1.29 is 9.66 Å². The third-order valence-corrected chi connectivity index (χ3v) is 4.84. The number of benzene rings is 2. The Labute approximate surface area is 162 Å². The molecule has 2 aromatic carbocycles. The van der Waals surface area contributed by atoms with Crippen LogP contribution >= 0.6 is 11.6 Å². The molecular formula is C19H19ClN4O3. The van der Waals surface area contributed by atoms with Crippen LogP contribution < -0.4 is 9.64 Å². The summed E-state index contributed by atoms with van der Waals surface area (Å²) in [5, 5.41) is 20.8. The molecule has 1 aliphatic rings. The Morgan fingerprint density at radius 3 is 2.59 bits per heavy atom. The Kier molecular flexibility index (Phi) is 6.12. The Bertz CT molecular complexity index is 860. The van der Waals surface area contributed by atoms with Gasteiger partial charge in [0.25, 0.3) is 5.69 Å². The lowest BCUT2D eigenvalue weighted by molar-refractivity contribution is -0.384. The SMILES string of the molecule is N#Cc1cc([N+](=O)[O-])ccc1N1CCN(CCOc2ccccc2Cl)CC1. The fourth-order valence-corrected chi connectivity index (χ4v) is 3.25. The van der Waals surface area contributed by atoms with Gasteiger partial charge < -0.3 is 9.64 Å². The smallest absolute Gasteiger partial charge is 0.270 e. The molecule has 0 aliphatic carbocycles. The topological polar surface area (TPSA) is 82.6 Å². The fraction of sp³-hybridized carbons (Fsp3) is 0.316. The number of nitro benzene ring substituents is 1. The molecule has 27 heavy (non-hydrogen) atoms. The molecule has 0 atom stereocenters. The zero-order chi connectivity index (χ0) is 19.2. The largest absolute Gasteiger partial charge is 0.491 e. The summed E-state index contributed by atoms with van der Waals surface area (Å²) in [6, 6.07) is 13.9. The van der Waals surface area contributed by atoms with E-state index >= 15 is 0 Å². The van der Waals surface area contributed by atoms with Crippen LogP contribution in [0.3, 0.4) is 0 Å². The van der Waals surface area contributed by atoms with Gasteiger partial charge >= 0.3 is 0 Å².